The minimum Gasteiger partial charge on any atom is -0.308 e. The average Bonchev–Trinajstić information content (AvgIpc) is 2.02. The molecule has 0 unspecified atom stereocenters. The van der Waals surface area contributed by atoms with Crippen molar-refractivity contribution >= 4 is 5.71 Å². The molecule has 0 fully saturated rings. The summed E-state index contributed by atoms with van der Waals surface area (Å²) < 4.78 is 0. The van der Waals surface area contributed by atoms with Crippen molar-refractivity contribution in [3.05, 3.63) is 24.8 Å². The average molecular weight is 193 g/mol. The molecular weight excluding hydrogens is 170 g/mol. The van der Waals surface area contributed by atoms with Gasteiger partial charge in [-0.15, -0.1) is 6.58 Å². The molecule has 0 heterocycles. The van der Waals surface area contributed by atoms with Crippen LogP contribution in [-0.4, -0.2) is 5.71 Å². The van der Waals surface area contributed by atoms with E-state index in [2.05, 4.69) is 40.9 Å². The van der Waals surface area contributed by atoms with Crippen molar-refractivity contribution in [1.29, 1.82) is 5.41 Å². The Morgan fingerprint density at radius 2 is 1.71 bits per heavy atom. The molecule has 0 amide bonds. The van der Waals surface area contributed by atoms with Crippen LogP contribution in [-0.2, 0) is 0 Å². The molecule has 0 aliphatic carbocycles. The fourth-order valence-corrected chi connectivity index (χ4v) is 1.52. The molecule has 1 nitrogen and oxygen atoms in total. The molecule has 0 aromatic rings. The van der Waals surface area contributed by atoms with Crippen LogP contribution in [0.1, 0.15) is 41.0 Å². The quantitative estimate of drug-likeness (QED) is 0.499. The topological polar surface area (TPSA) is 23.9 Å². The van der Waals surface area contributed by atoms with Gasteiger partial charge in [-0.3, -0.25) is 0 Å². The van der Waals surface area contributed by atoms with Crippen LogP contribution in [0.25, 0.3) is 0 Å². The zero-order valence-electron chi connectivity index (χ0n) is 10.2. The first kappa shape index (κ1) is 13.2. The summed E-state index contributed by atoms with van der Waals surface area (Å²) in [7, 11) is 0. The molecule has 1 heteroatoms. The molecule has 0 atom stereocenters. The molecule has 0 rings (SSSR count). The Morgan fingerprint density at radius 3 is 2.00 bits per heavy atom. The van der Waals surface area contributed by atoms with Crippen molar-refractivity contribution in [3.63, 3.8) is 0 Å². The van der Waals surface area contributed by atoms with Crippen molar-refractivity contribution in [2.45, 2.75) is 41.0 Å². The van der Waals surface area contributed by atoms with Gasteiger partial charge in [0.15, 0.2) is 0 Å². The number of hydrogen-bond acceptors (Lipinski definition) is 1. The fraction of sp³-hybridized carbons (Fsp3) is 0.615. The SMILES string of the molecule is C=CCC(C)(C)C(=N)C(C)(C)C(=C)C. The molecule has 1 N–H and O–H groups in total. The smallest absolute Gasteiger partial charge is 0.0245 e. The van der Waals surface area contributed by atoms with Crippen LogP contribution < -0.4 is 0 Å². The van der Waals surface area contributed by atoms with Gasteiger partial charge in [0, 0.05) is 16.5 Å². The van der Waals surface area contributed by atoms with Crippen LogP contribution in [0.4, 0.5) is 0 Å². The maximum Gasteiger partial charge on any atom is 0.0245 e. The second-order valence-corrected chi connectivity index (χ2v) is 5.16. The van der Waals surface area contributed by atoms with E-state index in [1.54, 1.807) is 0 Å². The molecule has 0 aliphatic heterocycles. The van der Waals surface area contributed by atoms with Gasteiger partial charge in [0.1, 0.15) is 0 Å². The summed E-state index contributed by atoms with van der Waals surface area (Å²) >= 11 is 0. The Hall–Kier alpha value is -0.850. The van der Waals surface area contributed by atoms with Gasteiger partial charge in [-0.2, -0.15) is 0 Å². The molecule has 0 saturated heterocycles. The molecule has 0 aromatic carbocycles. The summed E-state index contributed by atoms with van der Waals surface area (Å²) in [5.41, 5.74) is 1.44. The normalized spacial score (nSPS) is 12.4. The summed E-state index contributed by atoms with van der Waals surface area (Å²) in [5, 5.41) is 8.22. The Labute approximate surface area is 88.4 Å². The molecular formula is C13H23N. The third-order valence-electron chi connectivity index (χ3n) is 3.02. The van der Waals surface area contributed by atoms with Crippen molar-refractivity contribution < 1.29 is 0 Å². The molecule has 0 saturated carbocycles. The van der Waals surface area contributed by atoms with Gasteiger partial charge >= 0.3 is 0 Å². The first-order chi connectivity index (χ1) is 6.16. The first-order valence-corrected chi connectivity index (χ1v) is 5.02. The monoisotopic (exact) mass is 193 g/mol. The standard InChI is InChI=1S/C13H23N/c1-8-9-12(4,5)11(14)13(6,7)10(2)3/h8,14H,1-2,9H2,3-7H3. The number of hydrogen-bond donors (Lipinski definition) is 1. The maximum atomic E-state index is 8.22. The third-order valence-corrected chi connectivity index (χ3v) is 3.02. The van der Waals surface area contributed by atoms with Crippen LogP contribution in [0.2, 0.25) is 0 Å². The van der Waals surface area contributed by atoms with E-state index in [9.17, 15) is 0 Å². The van der Waals surface area contributed by atoms with E-state index in [1.807, 2.05) is 13.0 Å². The molecule has 0 radical (unpaired) electrons. The molecule has 14 heavy (non-hydrogen) atoms. The lowest BCUT2D eigenvalue weighted by molar-refractivity contribution is 0.459. The van der Waals surface area contributed by atoms with E-state index in [0.29, 0.717) is 0 Å². The Balaban J connectivity index is 4.94. The lowest BCUT2D eigenvalue weighted by Gasteiger charge is -2.36. The fourth-order valence-electron chi connectivity index (χ4n) is 1.52. The van der Waals surface area contributed by atoms with Gasteiger partial charge in [-0.05, 0) is 13.3 Å². The minimum absolute atomic E-state index is 0.121. The number of nitrogens with one attached hydrogen (secondary N) is 1. The van der Waals surface area contributed by atoms with Crippen LogP contribution in [0, 0.1) is 16.2 Å². The lowest BCUT2D eigenvalue weighted by Crippen LogP contribution is -2.36. The maximum absolute atomic E-state index is 8.22. The highest BCUT2D eigenvalue weighted by Crippen LogP contribution is 2.36. The number of allylic oxidation sites excluding steroid dienone is 2. The molecule has 0 aliphatic rings. The zero-order valence-corrected chi connectivity index (χ0v) is 10.2. The molecule has 0 bridgehead atoms. The number of rotatable bonds is 5. The van der Waals surface area contributed by atoms with Gasteiger partial charge < -0.3 is 5.41 Å². The van der Waals surface area contributed by atoms with Gasteiger partial charge in [0.25, 0.3) is 0 Å². The third kappa shape index (κ3) is 2.57. The Kier molecular flexibility index (Phi) is 3.87. The lowest BCUT2D eigenvalue weighted by atomic mass is 9.68. The van der Waals surface area contributed by atoms with Crippen LogP contribution >= 0.6 is 0 Å². The summed E-state index contributed by atoms with van der Waals surface area (Å²) in [4.78, 5) is 0. The molecule has 0 aromatic heterocycles. The highest BCUT2D eigenvalue weighted by Gasteiger charge is 2.34. The zero-order chi connectivity index (χ0) is 11.6. The minimum atomic E-state index is -0.216. The second-order valence-electron chi connectivity index (χ2n) is 5.16. The highest BCUT2D eigenvalue weighted by molar-refractivity contribution is 5.94. The van der Waals surface area contributed by atoms with E-state index < -0.39 is 0 Å². The predicted molar refractivity (Wildman–Crippen MR) is 64.9 cm³/mol. The van der Waals surface area contributed by atoms with Crippen molar-refractivity contribution in [2.75, 3.05) is 0 Å². The van der Waals surface area contributed by atoms with Gasteiger partial charge in [-0.25, -0.2) is 0 Å². The van der Waals surface area contributed by atoms with Crippen molar-refractivity contribution in [2.24, 2.45) is 10.8 Å². The van der Waals surface area contributed by atoms with Gasteiger partial charge in [0.05, 0.1) is 0 Å². The first-order valence-electron chi connectivity index (χ1n) is 5.02. The summed E-state index contributed by atoms with van der Waals surface area (Å²) in [6, 6.07) is 0. The van der Waals surface area contributed by atoms with E-state index in [1.165, 1.54) is 0 Å². The Morgan fingerprint density at radius 1 is 1.29 bits per heavy atom. The van der Waals surface area contributed by atoms with E-state index >= 15 is 0 Å². The van der Waals surface area contributed by atoms with E-state index in [4.69, 9.17) is 5.41 Å². The summed E-state index contributed by atoms with van der Waals surface area (Å²) in [5.74, 6) is 0. The summed E-state index contributed by atoms with van der Waals surface area (Å²) in [6.45, 7) is 18.0. The predicted octanol–water partition coefficient (Wildman–Crippen LogP) is 4.21. The van der Waals surface area contributed by atoms with Gasteiger partial charge in [-0.1, -0.05) is 45.9 Å². The Bertz CT molecular complexity index is 256. The van der Waals surface area contributed by atoms with Crippen LogP contribution in [0.15, 0.2) is 24.8 Å². The largest absolute Gasteiger partial charge is 0.308 e. The second kappa shape index (κ2) is 4.12. The van der Waals surface area contributed by atoms with E-state index in [0.717, 1.165) is 17.7 Å². The summed E-state index contributed by atoms with van der Waals surface area (Å²) in [6.07, 6.45) is 2.71. The van der Waals surface area contributed by atoms with Gasteiger partial charge in [0.2, 0.25) is 0 Å². The van der Waals surface area contributed by atoms with Crippen LogP contribution in [0.3, 0.4) is 0 Å². The van der Waals surface area contributed by atoms with E-state index in [-0.39, 0.29) is 10.8 Å². The highest BCUT2D eigenvalue weighted by atomic mass is 14.5. The van der Waals surface area contributed by atoms with Crippen molar-refractivity contribution in [1.82, 2.24) is 0 Å². The molecule has 80 valence electrons. The van der Waals surface area contributed by atoms with Crippen LogP contribution in [0.5, 0.6) is 0 Å². The molecule has 0 spiro atoms. The van der Waals surface area contributed by atoms with Crippen molar-refractivity contribution in [3.8, 4) is 0 Å².